The Morgan fingerprint density at radius 2 is 2.05 bits per heavy atom. The molecule has 0 radical (unpaired) electrons. The van der Waals surface area contributed by atoms with Crippen LogP contribution in [0.2, 0.25) is 0 Å². The molecule has 1 aromatic rings. The van der Waals surface area contributed by atoms with Crippen LogP contribution in [-0.4, -0.2) is 30.6 Å². The maximum atomic E-state index is 11.9. The predicted octanol–water partition coefficient (Wildman–Crippen LogP) is 1.79. The molecular weight excluding hydrogens is 268 g/mol. The molecule has 106 valence electrons. The number of carbonyl (C=O) groups excluding carboxylic acids is 1. The van der Waals surface area contributed by atoms with Crippen molar-refractivity contribution in [1.82, 2.24) is 10.1 Å². The van der Waals surface area contributed by atoms with E-state index >= 15 is 0 Å². The summed E-state index contributed by atoms with van der Waals surface area (Å²) < 4.78 is 28.0. The molecule has 2 atom stereocenters. The number of nitrogens with zero attached hydrogens (tertiary/aromatic N) is 2. The van der Waals surface area contributed by atoms with E-state index in [2.05, 4.69) is 10.1 Å². The van der Waals surface area contributed by atoms with Gasteiger partial charge in [-0.05, 0) is 19.8 Å². The molecular formula is C12H18N2O4S. The Morgan fingerprint density at radius 1 is 1.32 bits per heavy atom. The van der Waals surface area contributed by atoms with E-state index in [1.807, 2.05) is 0 Å². The van der Waals surface area contributed by atoms with Gasteiger partial charge in [-0.3, -0.25) is 4.79 Å². The Bertz CT molecular complexity index is 564. The van der Waals surface area contributed by atoms with E-state index in [0.29, 0.717) is 12.8 Å². The van der Waals surface area contributed by atoms with E-state index in [4.69, 9.17) is 4.52 Å². The van der Waals surface area contributed by atoms with Crippen LogP contribution in [0, 0.1) is 0 Å². The van der Waals surface area contributed by atoms with Crippen LogP contribution in [-0.2, 0) is 14.6 Å². The van der Waals surface area contributed by atoms with Gasteiger partial charge in [-0.15, -0.1) is 0 Å². The molecule has 19 heavy (non-hydrogen) atoms. The molecule has 7 heteroatoms. The summed E-state index contributed by atoms with van der Waals surface area (Å²) >= 11 is 0. The Morgan fingerprint density at radius 3 is 2.74 bits per heavy atom. The van der Waals surface area contributed by atoms with Crippen molar-refractivity contribution in [2.45, 2.75) is 50.2 Å². The lowest BCUT2D eigenvalue weighted by Gasteiger charge is -2.06. The zero-order valence-electron chi connectivity index (χ0n) is 11.1. The van der Waals surface area contributed by atoms with Gasteiger partial charge in [0.25, 0.3) is 0 Å². The van der Waals surface area contributed by atoms with Gasteiger partial charge in [0.1, 0.15) is 11.0 Å². The Hall–Kier alpha value is -1.24. The van der Waals surface area contributed by atoms with E-state index in [-0.39, 0.29) is 23.4 Å². The molecule has 6 nitrogen and oxygen atoms in total. The van der Waals surface area contributed by atoms with Crippen LogP contribution in [0.1, 0.15) is 61.9 Å². The normalized spacial score (nSPS) is 23.1. The topological polar surface area (TPSA) is 90.1 Å². The average molecular weight is 286 g/mol. The first-order valence-electron chi connectivity index (χ1n) is 6.44. The van der Waals surface area contributed by atoms with Crippen molar-refractivity contribution in [2.24, 2.45) is 0 Å². The summed E-state index contributed by atoms with van der Waals surface area (Å²) in [7, 11) is -3.26. The van der Waals surface area contributed by atoms with Crippen molar-refractivity contribution in [3.63, 3.8) is 0 Å². The van der Waals surface area contributed by atoms with E-state index in [9.17, 15) is 13.2 Å². The molecule has 1 fully saturated rings. The highest BCUT2D eigenvalue weighted by molar-refractivity contribution is 7.90. The van der Waals surface area contributed by atoms with Crippen LogP contribution in [0.3, 0.4) is 0 Å². The summed E-state index contributed by atoms with van der Waals surface area (Å²) in [5, 5.41) is 2.89. The summed E-state index contributed by atoms with van der Waals surface area (Å²) in [5.41, 5.74) is 0. The van der Waals surface area contributed by atoms with Gasteiger partial charge in [-0.1, -0.05) is 18.0 Å². The van der Waals surface area contributed by atoms with Gasteiger partial charge in [0, 0.05) is 12.7 Å². The summed E-state index contributed by atoms with van der Waals surface area (Å²) in [6.45, 7) is 1.51. The maximum Gasteiger partial charge on any atom is 0.237 e. The summed E-state index contributed by atoms with van der Waals surface area (Å²) in [6, 6.07) is 0. The van der Waals surface area contributed by atoms with Crippen LogP contribution in [0.15, 0.2) is 4.52 Å². The van der Waals surface area contributed by atoms with Crippen molar-refractivity contribution >= 4 is 15.6 Å². The van der Waals surface area contributed by atoms with Crippen molar-refractivity contribution in [3.8, 4) is 0 Å². The van der Waals surface area contributed by atoms with Gasteiger partial charge in [-0.2, -0.15) is 4.98 Å². The molecule has 0 amide bonds. The van der Waals surface area contributed by atoms with Crippen molar-refractivity contribution in [1.29, 1.82) is 0 Å². The summed E-state index contributed by atoms with van der Waals surface area (Å²) in [6.07, 6.45) is 5.25. The number of hydrogen-bond donors (Lipinski definition) is 0. The molecule has 0 N–H and O–H groups in total. The van der Waals surface area contributed by atoms with Crippen molar-refractivity contribution in [3.05, 3.63) is 11.7 Å². The fourth-order valence-electron chi connectivity index (χ4n) is 2.17. The first kappa shape index (κ1) is 14.2. The van der Waals surface area contributed by atoms with Gasteiger partial charge >= 0.3 is 0 Å². The summed E-state index contributed by atoms with van der Waals surface area (Å²) in [5.74, 6) is 0.141. The summed E-state index contributed by atoms with van der Waals surface area (Å²) in [4.78, 5) is 16.1. The maximum absolute atomic E-state index is 11.9. The fraction of sp³-hybridized carbons (Fsp3) is 0.750. The van der Waals surface area contributed by atoms with E-state index < -0.39 is 15.1 Å². The molecule has 1 heterocycles. The van der Waals surface area contributed by atoms with E-state index in [0.717, 1.165) is 25.5 Å². The van der Waals surface area contributed by atoms with Crippen LogP contribution in [0.4, 0.5) is 0 Å². The molecule has 0 aromatic carbocycles. The third kappa shape index (κ3) is 3.20. The monoisotopic (exact) mass is 286 g/mol. The average Bonchev–Trinajstić information content (AvgIpc) is 2.71. The number of ketones is 1. The number of aromatic nitrogens is 2. The van der Waals surface area contributed by atoms with E-state index in [1.165, 1.54) is 6.92 Å². The van der Waals surface area contributed by atoms with E-state index in [1.54, 1.807) is 0 Å². The molecule has 0 bridgehead atoms. The second-order valence-electron chi connectivity index (χ2n) is 5.08. The SMILES string of the molecule is CC(c1noc(C2CCCCCC2=O)n1)S(C)(=O)=O. The first-order chi connectivity index (χ1) is 8.89. The number of Topliss-reactive ketones (excluding diaryl/α,β-unsaturated/α-hetero) is 1. The zero-order chi connectivity index (χ0) is 14.0. The van der Waals surface area contributed by atoms with Crippen LogP contribution < -0.4 is 0 Å². The number of sulfone groups is 1. The molecule has 2 rings (SSSR count). The predicted molar refractivity (Wildman–Crippen MR) is 68.4 cm³/mol. The van der Waals surface area contributed by atoms with Crippen LogP contribution in [0.25, 0.3) is 0 Å². The zero-order valence-corrected chi connectivity index (χ0v) is 11.9. The molecule has 1 aromatic heterocycles. The molecule has 1 aliphatic carbocycles. The van der Waals surface area contributed by atoms with Gasteiger partial charge < -0.3 is 4.52 Å². The van der Waals surface area contributed by atoms with Crippen molar-refractivity contribution in [2.75, 3.05) is 6.26 Å². The number of rotatable bonds is 3. The lowest BCUT2D eigenvalue weighted by atomic mass is 9.99. The highest BCUT2D eigenvalue weighted by atomic mass is 32.2. The Balaban J connectivity index is 2.23. The van der Waals surface area contributed by atoms with Gasteiger partial charge in [-0.25, -0.2) is 8.42 Å². The Labute approximate surface area is 112 Å². The molecule has 1 aliphatic rings. The van der Waals surface area contributed by atoms with Crippen LogP contribution >= 0.6 is 0 Å². The van der Waals surface area contributed by atoms with Gasteiger partial charge in [0.2, 0.25) is 5.89 Å². The largest absolute Gasteiger partial charge is 0.339 e. The second-order valence-corrected chi connectivity index (χ2v) is 7.45. The second kappa shape index (κ2) is 5.40. The minimum Gasteiger partial charge on any atom is -0.339 e. The lowest BCUT2D eigenvalue weighted by Crippen LogP contribution is -2.12. The highest BCUT2D eigenvalue weighted by Gasteiger charge is 2.30. The lowest BCUT2D eigenvalue weighted by molar-refractivity contribution is -0.120. The Kier molecular flexibility index (Phi) is 4.03. The molecule has 2 unspecified atom stereocenters. The molecule has 0 saturated heterocycles. The van der Waals surface area contributed by atoms with Crippen molar-refractivity contribution < 1.29 is 17.7 Å². The quantitative estimate of drug-likeness (QED) is 0.787. The third-order valence-electron chi connectivity index (χ3n) is 3.57. The first-order valence-corrected chi connectivity index (χ1v) is 8.40. The minimum atomic E-state index is -3.26. The molecule has 0 aliphatic heterocycles. The van der Waals surface area contributed by atoms with Gasteiger partial charge in [0.15, 0.2) is 15.7 Å². The third-order valence-corrected chi connectivity index (χ3v) is 5.06. The molecule has 1 saturated carbocycles. The fourth-order valence-corrected chi connectivity index (χ4v) is 2.64. The highest BCUT2D eigenvalue weighted by Crippen LogP contribution is 2.29. The number of carbonyl (C=O) groups is 1. The van der Waals surface area contributed by atoms with Crippen LogP contribution in [0.5, 0.6) is 0 Å². The standard InChI is InChI=1S/C12H18N2O4S/c1-8(19(2,16)17)11-13-12(18-14-11)9-6-4-3-5-7-10(9)15/h8-9H,3-7H2,1-2H3. The smallest absolute Gasteiger partial charge is 0.237 e. The number of hydrogen-bond acceptors (Lipinski definition) is 6. The van der Waals surface area contributed by atoms with Gasteiger partial charge in [0.05, 0.1) is 5.92 Å². The minimum absolute atomic E-state index is 0.111. The molecule has 0 spiro atoms.